The van der Waals surface area contributed by atoms with Gasteiger partial charge in [-0.1, -0.05) is 48.0 Å². The van der Waals surface area contributed by atoms with E-state index in [2.05, 4.69) is 27.1 Å². The molecule has 0 spiro atoms. The van der Waals surface area contributed by atoms with E-state index in [-0.39, 0.29) is 16.8 Å². The number of amides is 1. The van der Waals surface area contributed by atoms with Gasteiger partial charge in [-0.05, 0) is 68.3 Å². The molecule has 1 heterocycles. The quantitative estimate of drug-likeness (QED) is 0.560. The summed E-state index contributed by atoms with van der Waals surface area (Å²) in [5, 5.41) is 2.97. The van der Waals surface area contributed by atoms with E-state index in [0.717, 1.165) is 31.5 Å². The molecule has 0 bridgehead atoms. The molecule has 1 saturated heterocycles. The van der Waals surface area contributed by atoms with Crippen LogP contribution in [0.1, 0.15) is 24.0 Å². The molecule has 166 valence electrons. The first-order valence-electron chi connectivity index (χ1n) is 10.7. The van der Waals surface area contributed by atoms with Crippen LogP contribution in [0, 0.1) is 6.92 Å². The van der Waals surface area contributed by atoms with E-state index < -0.39 is 10.0 Å². The molecule has 0 aromatic heterocycles. The summed E-state index contributed by atoms with van der Waals surface area (Å²) in [7, 11) is -3.66. The highest BCUT2D eigenvalue weighted by Crippen LogP contribution is 2.23. The maximum Gasteiger partial charge on any atom is 0.261 e. The lowest BCUT2D eigenvalue weighted by Crippen LogP contribution is -2.39. The number of hydrogen-bond acceptors (Lipinski definition) is 4. The summed E-state index contributed by atoms with van der Waals surface area (Å²) >= 11 is 0. The minimum atomic E-state index is -3.66. The van der Waals surface area contributed by atoms with E-state index in [4.69, 9.17) is 0 Å². The Balaban J connectivity index is 1.37. The summed E-state index contributed by atoms with van der Waals surface area (Å²) in [6, 6.07) is 23.4. The SMILES string of the molecule is Cc1ccc(S(=O)(=O)Nc2ccc(NC(=O)C3CCCN3Cc3ccccc3)cc2)cc1. The third-order valence-electron chi connectivity index (χ3n) is 5.63. The molecule has 1 unspecified atom stereocenters. The van der Waals surface area contributed by atoms with Gasteiger partial charge in [-0.25, -0.2) is 8.42 Å². The Morgan fingerprint density at radius 3 is 2.28 bits per heavy atom. The summed E-state index contributed by atoms with van der Waals surface area (Å²) in [6.07, 6.45) is 1.82. The minimum absolute atomic E-state index is 0.0357. The third kappa shape index (κ3) is 5.36. The fourth-order valence-corrected chi connectivity index (χ4v) is 4.97. The van der Waals surface area contributed by atoms with E-state index in [1.54, 1.807) is 48.5 Å². The van der Waals surface area contributed by atoms with Crippen LogP contribution < -0.4 is 10.0 Å². The predicted molar refractivity (Wildman–Crippen MR) is 127 cm³/mol. The van der Waals surface area contributed by atoms with Crippen LogP contribution in [0.15, 0.2) is 83.8 Å². The second-order valence-corrected chi connectivity index (χ2v) is 9.78. The van der Waals surface area contributed by atoms with Crippen molar-refractivity contribution in [1.82, 2.24) is 4.90 Å². The molecule has 4 rings (SSSR count). The van der Waals surface area contributed by atoms with Gasteiger partial charge in [0.15, 0.2) is 0 Å². The average molecular weight is 450 g/mol. The molecule has 1 amide bonds. The van der Waals surface area contributed by atoms with Crippen molar-refractivity contribution in [3.05, 3.63) is 90.0 Å². The molecule has 3 aromatic rings. The molecule has 1 fully saturated rings. The van der Waals surface area contributed by atoms with E-state index in [1.807, 2.05) is 25.1 Å². The Morgan fingerprint density at radius 2 is 1.59 bits per heavy atom. The minimum Gasteiger partial charge on any atom is -0.325 e. The van der Waals surface area contributed by atoms with E-state index in [0.29, 0.717) is 11.4 Å². The maximum absolute atomic E-state index is 12.9. The Labute approximate surface area is 189 Å². The molecule has 6 nitrogen and oxygen atoms in total. The van der Waals surface area contributed by atoms with Crippen molar-refractivity contribution in [2.24, 2.45) is 0 Å². The summed E-state index contributed by atoms with van der Waals surface area (Å²) in [5.74, 6) is -0.0357. The lowest BCUT2D eigenvalue weighted by atomic mass is 10.1. The van der Waals surface area contributed by atoms with E-state index in [1.165, 1.54) is 5.56 Å². The first kappa shape index (κ1) is 22.0. The Bertz CT molecular complexity index is 1160. The van der Waals surface area contributed by atoms with E-state index >= 15 is 0 Å². The van der Waals surface area contributed by atoms with Gasteiger partial charge in [0, 0.05) is 17.9 Å². The fraction of sp³-hybridized carbons (Fsp3) is 0.240. The molecule has 0 radical (unpaired) electrons. The normalized spacial score (nSPS) is 16.6. The number of carbonyl (C=O) groups excluding carboxylic acids is 1. The van der Waals surface area contributed by atoms with Crippen LogP contribution in [0.25, 0.3) is 0 Å². The first-order chi connectivity index (χ1) is 15.4. The van der Waals surface area contributed by atoms with Gasteiger partial charge in [-0.3, -0.25) is 14.4 Å². The third-order valence-corrected chi connectivity index (χ3v) is 7.03. The van der Waals surface area contributed by atoms with Crippen LogP contribution >= 0.6 is 0 Å². The zero-order valence-corrected chi connectivity index (χ0v) is 18.8. The molecule has 3 aromatic carbocycles. The Hall–Kier alpha value is -3.16. The number of aryl methyl sites for hydroxylation is 1. The van der Waals surface area contributed by atoms with Gasteiger partial charge in [-0.15, -0.1) is 0 Å². The molecule has 7 heteroatoms. The summed E-state index contributed by atoms with van der Waals surface area (Å²) in [6.45, 7) is 3.55. The zero-order valence-electron chi connectivity index (χ0n) is 18.0. The highest BCUT2D eigenvalue weighted by molar-refractivity contribution is 7.92. The maximum atomic E-state index is 12.9. The summed E-state index contributed by atoms with van der Waals surface area (Å²) in [4.78, 5) is 15.3. The van der Waals surface area contributed by atoms with Crippen molar-refractivity contribution >= 4 is 27.3 Å². The van der Waals surface area contributed by atoms with Crippen LogP contribution in [0.3, 0.4) is 0 Å². The lowest BCUT2D eigenvalue weighted by molar-refractivity contribution is -0.120. The van der Waals surface area contributed by atoms with Crippen molar-refractivity contribution in [2.75, 3.05) is 16.6 Å². The van der Waals surface area contributed by atoms with Gasteiger partial charge in [0.2, 0.25) is 5.91 Å². The second-order valence-electron chi connectivity index (χ2n) is 8.10. The van der Waals surface area contributed by atoms with Crippen LogP contribution in [0.2, 0.25) is 0 Å². The van der Waals surface area contributed by atoms with Crippen molar-refractivity contribution < 1.29 is 13.2 Å². The predicted octanol–water partition coefficient (Wildman–Crippen LogP) is 4.40. The van der Waals surface area contributed by atoms with Crippen LogP contribution in [0.4, 0.5) is 11.4 Å². The number of hydrogen-bond donors (Lipinski definition) is 2. The van der Waals surface area contributed by atoms with Gasteiger partial charge in [0.05, 0.1) is 10.9 Å². The first-order valence-corrected chi connectivity index (χ1v) is 12.2. The van der Waals surface area contributed by atoms with Crippen molar-refractivity contribution in [3.63, 3.8) is 0 Å². The summed E-state index contributed by atoms with van der Waals surface area (Å²) in [5.41, 5.74) is 3.26. The molecular weight excluding hydrogens is 422 g/mol. The molecule has 1 aliphatic rings. The van der Waals surface area contributed by atoms with E-state index in [9.17, 15) is 13.2 Å². The highest BCUT2D eigenvalue weighted by Gasteiger charge is 2.30. The van der Waals surface area contributed by atoms with Crippen LogP contribution in [-0.2, 0) is 21.4 Å². The number of carbonyl (C=O) groups is 1. The lowest BCUT2D eigenvalue weighted by Gasteiger charge is -2.23. The molecule has 32 heavy (non-hydrogen) atoms. The molecule has 2 N–H and O–H groups in total. The number of benzene rings is 3. The van der Waals surface area contributed by atoms with Crippen molar-refractivity contribution in [3.8, 4) is 0 Å². The molecule has 0 aliphatic carbocycles. The topological polar surface area (TPSA) is 78.5 Å². The number of rotatable bonds is 7. The smallest absolute Gasteiger partial charge is 0.261 e. The molecule has 0 saturated carbocycles. The van der Waals surface area contributed by atoms with Crippen LogP contribution in [0.5, 0.6) is 0 Å². The highest BCUT2D eigenvalue weighted by atomic mass is 32.2. The largest absolute Gasteiger partial charge is 0.325 e. The van der Waals surface area contributed by atoms with Gasteiger partial charge < -0.3 is 5.32 Å². The van der Waals surface area contributed by atoms with Crippen LogP contribution in [-0.4, -0.2) is 31.8 Å². The number of nitrogens with zero attached hydrogens (tertiary/aromatic N) is 1. The monoisotopic (exact) mass is 449 g/mol. The fourth-order valence-electron chi connectivity index (χ4n) is 3.91. The van der Waals surface area contributed by atoms with Crippen molar-refractivity contribution in [1.29, 1.82) is 0 Å². The Morgan fingerprint density at radius 1 is 0.938 bits per heavy atom. The molecular formula is C25H27N3O3S. The van der Waals surface area contributed by atoms with Gasteiger partial charge >= 0.3 is 0 Å². The van der Waals surface area contributed by atoms with Gasteiger partial charge in [-0.2, -0.15) is 0 Å². The molecule has 1 aliphatic heterocycles. The number of anilines is 2. The number of nitrogens with one attached hydrogen (secondary N) is 2. The Kier molecular flexibility index (Phi) is 6.58. The average Bonchev–Trinajstić information content (AvgIpc) is 3.24. The number of likely N-dealkylation sites (tertiary alicyclic amines) is 1. The summed E-state index contributed by atoms with van der Waals surface area (Å²) < 4.78 is 27.7. The standard InChI is InChI=1S/C25H27N3O3S/c1-19-9-15-23(16-10-19)32(30,31)27-22-13-11-21(12-14-22)26-25(29)24-8-5-17-28(24)18-20-6-3-2-4-7-20/h2-4,6-7,9-16,24,27H,5,8,17-18H2,1H3,(H,26,29). The van der Waals surface area contributed by atoms with Crippen molar-refractivity contribution in [2.45, 2.75) is 37.2 Å². The molecule has 1 atom stereocenters. The zero-order chi connectivity index (χ0) is 22.6. The number of sulfonamides is 1. The van der Waals surface area contributed by atoms with Gasteiger partial charge in [0.1, 0.15) is 0 Å². The second kappa shape index (κ2) is 9.54. The van der Waals surface area contributed by atoms with Gasteiger partial charge in [0.25, 0.3) is 10.0 Å².